The van der Waals surface area contributed by atoms with Crippen LogP contribution in [0.25, 0.3) is 0 Å². The van der Waals surface area contributed by atoms with Crippen molar-refractivity contribution in [2.45, 2.75) is 41.0 Å². The van der Waals surface area contributed by atoms with Crippen LogP contribution >= 0.6 is 0 Å². The molecule has 0 radical (unpaired) electrons. The monoisotopic (exact) mass is 198 g/mol. The lowest BCUT2D eigenvalue weighted by atomic mass is 9.88. The van der Waals surface area contributed by atoms with E-state index in [2.05, 4.69) is 20.4 Å². The molecular weight excluding hydrogens is 176 g/mol. The second-order valence-corrected chi connectivity index (χ2v) is 5.05. The Morgan fingerprint density at radius 3 is 2.21 bits per heavy atom. The summed E-state index contributed by atoms with van der Waals surface area (Å²) in [6.45, 7) is 14.3. The van der Waals surface area contributed by atoms with Crippen LogP contribution in [0.15, 0.2) is 12.2 Å². The Morgan fingerprint density at radius 1 is 1.36 bits per heavy atom. The fraction of sp³-hybridized carbons (Fsp3) is 0.750. The van der Waals surface area contributed by atoms with Gasteiger partial charge in [0.1, 0.15) is 0 Å². The standard InChI is InChI=1S/C12H22O2/c1-9(2)7-8-14-11(13)10(3)12(4,5)6/h9H,3,7-8H2,1-2,4-6H3. The van der Waals surface area contributed by atoms with Gasteiger partial charge in [0.2, 0.25) is 0 Å². The highest BCUT2D eigenvalue weighted by Crippen LogP contribution is 2.24. The SMILES string of the molecule is C=C(C(=O)OCCC(C)C)C(C)(C)C. The van der Waals surface area contributed by atoms with Crippen molar-refractivity contribution in [1.82, 2.24) is 0 Å². The van der Waals surface area contributed by atoms with Crippen LogP contribution in [0.1, 0.15) is 41.0 Å². The third kappa shape index (κ3) is 5.05. The van der Waals surface area contributed by atoms with Crippen LogP contribution in [0.5, 0.6) is 0 Å². The highest BCUT2D eigenvalue weighted by Gasteiger charge is 2.22. The smallest absolute Gasteiger partial charge is 0.333 e. The van der Waals surface area contributed by atoms with E-state index in [1.165, 1.54) is 0 Å². The Bertz CT molecular complexity index is 209. The summed E-state index contributed by atoms with van der Waals surface area (Å²) >= 11 is 0. The summed E-state index contributed by atoms with van der Waals surface area (Å²) in [4.78, 5) is 11.4. The summed E-state index contributed by atoms with van der Waals surface area (Å²) in [6.07, 6.45) is 0.906. The van der Waals surface area contributed by atoms with Crippen molar-refractivity contribution >= 4 is 5.97 Å². The lowest BCUT2D eigenvalue weighted by molar-refractivity contribution is -0.140. The van der Waals surface area contributed by atoms with E-state index in [1.54, 1.807) is 0 Å². The van der Waals surface area contributed by atoms with Crippen molar-refractivity contribution in [3.8, 4) is 0 Å². The van der Waals surface area contributed by atoms with Gasteiger partial charge in [0, 0.05) is 5.57 Å². The molecular formula is C12H22O2. The quantitative estimate of drug-likeness (QED) is 0.512. The molecule has 0 amide bonds. The zero-order valence-corrected chi connectivity index (χ0v) is 10.0. The second kappa shape index (κ2) is 5.18. The number of hydrogen-bond donors (Lipinski definition) is 0. The van der Waals surface area contributed by atoms with E-state index in [4.69, 9.17) is 4.74 Å². The van der Waals surface area contributed by atoms with E-state index in [0.717, 1.165) is 6.42 Å². The molecule has 0 fully saturated rings. The Kier molecular flexibility index (Phi) is 4.89. The van der Waals surface area contributed by atoms with Crippen LogP contribution < -0.4 is 0 Å². The topological polar surface area (TPSA) is 26.3 Å². The molecule has 0 spiro atoms. The minimum atomic E-state index is -0.266. The summed E-state index contributed by atoms with van der Waals surface area (Å²) in [6, 6.07) is 0. The molecule has 0 aliphatic rings. The largest absolute Gasteiger partial charge is 0.462 e. The molecule has 0 saturated carbocycles. The van der Waals surface area contributed by atoms with Crippen molar-refractivity contribution in [3.63, 3.8) is 0 Å². The first-order valence-electron chi connectivity index (χ1n) is 5.11. The van der Waals surface area contributed by atoms with Crippen LogP contribution in [-0.4, -0.2) is 12.6 Å². The lowest BCUT2D eigenvalue weighted by Gasteiger charge is -2.20. The lowest BCUT2D eigenvalue weighted by Crippen LogP contribution is -2.19. The minimum absolute atomic E-state index is 0.199. The highest BCUT2D eigenvalue weighted by molar-refractivity contribution is 5.88. The molecule has 0 aromatic rings. The van der Waals surface area contributed by atoms with E-state index in [9.17, 15) is 4.79 Å². The summed E-state index contributed by atoms with van der Waals surface area (Å²) in [5.41, 5.74) is 0.343. The molecule has 0 saturated heterocycles. The summed E-state index contributed by atoms with van der Waals surface area (Å²) in [5.74, 6) is 0.295. The van der Waals surface area contributed by atoms with Gasteiger partial charge in [0.15, 0.2) is 0 Å². The molecule has 0 aliphatic heterocycles. The van der Waals surface area contributed by atoms with Crippen LogP contribution in [0.3, 0.4) is 0 Å². The Labute approximate surface area is 87.3 Å². The van der Waals surface area contributed by atoms with Crippen LogP contribution in [0.2, 0.25) is 0 Å². The van der Waals surface area contributed by atoms with Crippen LogP contribution in [-0.2, 0) is 9.53 Å². The first-order chi connectivity index (χ1) is 6.25. The molecule has 0 N–H and O–H groups in total. The van der Waals surface area contributed by atoms with Gasteiger partial charge in [-0.15, -0.1) is 0 Å². The molecule has 0 bridgehead atoms. The molecule has 2 nitrogen and oxygen atoms in total. The van der Waals surface area contributed by atoms with Crippen molar-refractivity contribution in [3.05, 3.63) is 12.2 Å². The van der Waals surface area contributed by atoms with Gasteiger partial charge in [-0.1, -0.05) is 41.2 Å². The van der Waals surface area contributed by atoms with E-state index in [0.29, 0.717) is 18.1 Å². The number of ether oxygens (including phenoxy) is 1. The summed E-state index contributed by atoms with van der Waals surface area (Å²) < 4.78 is 5.10. The van der Waals surface area contributed by atoms with E-state index < -0.39 is 0 Å². The molecule has 0 rings (SSSR count). The first kappa shape index (κ1) is 13.2. The van der Waals surface area contributed by atoms with E-state index in [1.807, 2.05) is 20.8 Å². The number of hydrogen-bond acceptors (Lipinski definition) is 2. The Hall–Kier alpha value is -0.790. The maximum atomic E-state index is 11.4. The summed E-state index contributed by atoms with van der Waals surface area (Å²) in [5, 5.41) is 0. The normalized spacial score (nSPS) is 11.6. The van der Waals surface area contributed by atoms with Gasteiger partial charge in [-0.2, -0.15) is 0 Å². The molecule has 82 valence electrons. The predicted molar refractivity (Wildman–Crippen MR) is 59.0 cm³/mol. The number of carbonyl (C=O) groups excluding carboxylic acids is 1. The van der Waals surface area contributed by atoms with Crippen molar-refractivity contribution < 1.29 is 9.53 Å². The van der Waals surface area contributed by atoms with Gasteiger partial charge in [0.05, 0.1) is 6.61 Å². The fourth-order valence-electron chi connectivity index (χ4n) is 0.781. The van der Waals surface area contributed by atoms with Crippen molar-refractivity contribution in [2.24, 2.45) is 11.3 Å². The first-order valence-corrected chi connectivity index (χ1v) is 5.11. The third-order valence-corrected chi connectivity index (χ3v) is 2.08. The fourth-order valence-corrected chi connectivity index (χ4v) is 0.781. The average molecular weight is 198 g/mol. The van der Waals surface area contributed by atoms with Crippen LogP contribution in [0, 0.1) is 11.3 Å². The van der Waals surface area contributed by atoms with Crippen molar-refractivity contribution in [1.29, 1.82) is 0 Å². The zero-order chi connectivity index (χ0) is 11.4. The van der Waals surface area contributed by atoms with Gasteiger partial charge < -0.3 is 4.74 Å². The Balaban J connectivity index is 3.93. The van der Waals surface area contributed by atoms with Gasteiger partial charge in [-0.3, -0.25) is 0 Å². The van der Waals surface area contributed by atoms with Crippen molar-refractivity contribution in [2.75, 3.05) is 6.61 Å². The van der Waals surface area contributed by atoms with Crippen LogP contribution in [0.4, 0.5) is 0 Å². The third-order valence-electron chi connectivity index (χ3n) is 2.08. The molecule has 2 heteroatoms. The van der Waals surface area contributed by atoms with Gasteiger partial charge in [-0.05, 0) is 17.8 Å². The summed E-state index contributed by atoms with van der Waals surface area (Å²) in [7, 11) is 0. The van der Waals surface area contributed by atoms with E-state index >= 15 is 0 Å². The Morgan fingerprint density at radius 2 is 1.86 bits per heavy atom. The maximum Gasteiger partial charge on any atom is 0.333 e. The van der Waals surface area contributed by atoms with Gasteiger partial charge in [-0.25, -0.2) is 4.79 Å². The van der Waals surface area contributed by atoms with Gasteiger partial charge >= 0.3 is 5.97 Å². The van der Waals surface area contributed by atoms with Gasteiger partial charge in [0.25, 0.3) is 0 Å². The predicted octanol–water partition coefficient (Wildman–Crippen LogP) is 3.18. The number of rotatable bonds is 4. The molecule has 0 unspecified atom stereocenters. The minimum Gasteiger partial charge on any atom is -0.462 e. The van der Waals surface area contributed by atoms with E-state index in [-0.39, 0.29) is 11.4 Å². The zero-order valence-electron chi connectivity index (χ0n) is 10.0. The molecule has 0 atom stereocenters. The molecule has 0 heterocycles. The highest BCUT2D eigenvalue weighted by atomic mass is 16.5. The number of carbonyl (C=O) groups is 1. The molecule has 0 aromatic heterocycles. The number of esters is 1. The maximum absolute atomic E-state index is 11.4. The average Bonchev–Trinajstić information content (AvgIpc) is 2.00. The second-order valence-electron chi connectivity index (χ2n) is 5.05. The molecule has 14 heavy (non-hydrogen) atoms. The molecule has 0 aliphatic carbocycles. The molecule has 0 aromatic carbocycles.